The van der Waals surface area contributed by atoms with E-state index >= 15 is 0 Å². The average Bonchev–Trinajstić information content (AvgIpc) is 2.33. The number of nitrogens with one attached hydrogen (secondary N) is 1. The number of nitrogens with zero attached hydrogens (tertiary/aromatic N) is 1. The monoisotopic (exact) mass is 267 g/mol. The van der Waals surface area contributed by atoms with Crippen molar-refractivity contribution >= 4 is 23.2 Å². The summed E-state index contributed by atoms with van der Waals surface area (Å²) in [4.78, 5) is 14.0. The number of hydrogen-bond acceptors (Lipinski definition) is 3. The minimum absolute atomic E-state index is 0.0215. The lowest BCUT2D eigenvalue weighted by molar-refractivity contribution is -0.124. The molecule has 1 unspecified atom stereocenters. The summed E-state index contributed by atoms with van der Waals surface area (Å²) in [7, 11) is 0. The second-order valence-corrected chi connectivity index (χ2v) is 5.56. The van der Waals surface area contributed by atoms with E-state index < -0.39 is 0 Å². The summed E-state index contributed by atoms with van der Waals surface area (Å²) < 4.78 is 0. The van der Waals surface area contributed by atoms with Gasteiger partial charge in [-0.25, -0.2) is 0 Å². The molecule has 0 radical (unpaired) electrons. The number of hydrogen-bond donors (Lipinski definition) is 2. The first kappa shape index (κ1) is 13.2. The number of anilines is 1. The second kappa shape index (κ2) is 4.78. The molecule has 4 nitrogen and oxygen atoms in total. The third-order valence-electron chi connectivity index (χ3n) is 3.29. The number of halogens is 1. The Balaban J connectivity index is 2.41. The van der Waals surface area contributed by atoms with Crippen molar-refractivity contribution in [3.63, 3.8) is 0 Å². The Bertz CT molecular complexity index is 444. The molecule has 1 aliphatic heterocycles. The lowest BCUT2D eigenvalue weighted by atomic mass is 9.94. The summed E-state index contributed by atoms with van der Waals surface area (Å²) >= 11 is 5.90. The molecule has 2 rings (SSSR count). The maximum atomic E-state index is 11.9. The second-order valence-electron chi connectivity index (χ2n) is 5.13. The number of amides is 1. The Morgan fingerprint density at radius 1 is 1.44 bits per heavy atom. The summed E-state index contributed by atoms with van der Waals surface area (Å²) in [6.07, 6.45) is 0. The van der Waals surface area contributed by atoms with Gasteiger partial charge >= 0.3 is 0 Å². The van der Waals surface area contributed by atoms with Crippen LogP contribution in [0.2, 0.25) is 5.02 Å². The topological polar surface area (TPSA) is 58.4 Å². The number of nitrogens with two attached hydrogens (primary N) is 1. The van der Waals surface area contributed by atoms with E-state index in [4.69, 9.17) is 17.3 Å². The fourth-order valence-corrected chi connectivity index (χ4v) is 2.52. The van der Waals surface area contributed by atoms with Crippen LogP contribution in [-0.4, -0.2) is 30.6 Å². The molecular formula is C13H18ClN3O. The van der Waals surface area contributed by atoms with E-state index in [9.17, 15) is 4.79 Å². The summed E-state index contributed by atoms with van der Waals surface area (Å²) in [5.74, 6) is -0.0215. The predicted molar refractivity (Wildman–Crippen MR) is 73.9 cm³/mol. The van der Waals surface area contributed by atoms with Gasteiger partial charge < -0.3 is 16.0 Å². The molecule has 1 aliphatic rings. The van der Waals surface area contributed by atoms with Crippen LogP contribution >= 0.6 is 11.6 Å². The summed E-state index contributed by atoms with van der Waals surface area (Å²) in [6.45, 7) is 5.07. The number of benzene rings is 1. The number of piperazine rings is 1. The highest BCUT2D eigenvalue weighted by Crippen LogP contribution is 2.29. The maximum Gasteiger partial charge on any atom is 0.244 e. The molecule has 5 heteroatoms. The molecule has 3 N–H and O–H groups in total. The molecule has 1 amide bonds. The van der Waals surface area contributed by atoms with Crippen LogP contribution in [0.4, 0.5) is 5.69 Å². The van der Waals surface area contributed by atoms with Crippen LogP contribution < -0.4 is 16.0 Å². The molecule has 0 aliphatic carbocycles. The third-order valence-corrected chi connectivity index (χ3v) is 3.54. The van der Waals surface area contributed by atoms with Crippen molar-refractivity contribution in [2.45, 2.75) is 25.4 Å². The first-order valence-electron chi connectivity index (χ1n) is 5.98. The number of carbonyl (C=O) groups is 1. The summed E-state index contributed by atoms with van der Waals surface area (Å²) in [6, 6.07) is 7.16. The van der Waals surface area contributed by atoms with Crippen molar-refractivity contribution in [1.82, 2.24) is 5.32 Å². The molecule has 18 heavy (non-hydrogen) atoms. The molecular weight excluding hydrogens is 250 g/mol. The Hall–Kier alpha value is -1.26. The van der Waals surface area contributed by atoms with Crippen molar-refractivity contribution in [1.29, 1.82) is 0 Å². The van der Waals surface area contributed by atoms with Crippen LogP contribution in [0.25, 0.3) is 0 Å². The van der Waals surface area contributed by atoms with Crippen LogP contribution in [0.1, 0.15) is 13.8 Å². The molecule has 1 heterocycles. The number of rotatable bonds is 2. The van der Waals surface area contributed by atoms with Gasteiger partial charge in [-0.1, -0.05) is 11.6 Å². The van der Waals surface area contributed by atoms with Gasteiger partial charge in [0.05, 0.1) is 5.54 Å². The number of carbonyl (C=O) groups excluding carboxylic acids is 1. The highest BCUT2D eigenvalue weighted by atomic mass is 35.5. The molecule has 0 aromatic heterocycles. The molecule has 98 valence electrons. The minimum atomic E-state index is -0.338. The van der Waals surface area contributed by atoms with Crippen molar-refractivity contribution in [3.05, 3.63) is 29.3 Å². The first-order valence-corrected chi connectivity index (χ1v) is 6.36. The van der Waals surface area contributed by atoms with Crippen molar-refractivity contribution < 1.29 is 4.79 Å². The van der Waals surface area contributed by atoms with E-state index in [0.29, 0.717) is 11.6 Å². The largest absolute Gasteiger partial charge is 0.352 e. The van der Waals surface area contributed by atoms with E-state index in [-0.39, 0.29) is 24.0 Å². The smallest absolute Gasteiger partial charge is 0.244 e. The highest BCUT2D eigenvalue weighted by molar-refractivity contribution is 6.30. The molecule has 0 saturated carbocycles. The minimum Gasteiger partial charge on any atom is -0.352 e. The van der Waals surface area contributed by atoms with E-state index in [1.165, 1.54) is 0 Å². The SMILES string of the molecule is CC1(C)CNC(=O)C(CN)N1c1ccc(Cl)cc1. The zero-order chi connectivity index (χ0) is 13.3. The lowest BCUT2D eigenvalue weighted by Crippen LogP contribution is -2.67. The van der Waals surface area contributed by atoms with Crippen LogP contribution in [-0.2, 0) is 4.79 Å². The van der Waals surface area contributed by atoms with E-state index in [0.717, 1.165) is 5.69 Å². The zero-order valence-electron chi connectivity index (χ0n) is 10.6. The molecule has 0 bridgehead atoms. The van der Waals surface area contributed by atoms with Crippen LogP contribution in [0.3, 0.4) is 0 Å². The molecule has 1 saturated heterocycles. The fraction of sp³-hybridized carbons (Fsp3) is 0.462. The Kier molecular flexibility index (Phi) is 3.50. The standard InChI is InChI=1S/C13H18ClN3O/c1-13(2)8-16-12(18)11(7-15)17(13)10-5-3-9(14)4-6-10/h3-6,11H,7-8,15H2,1-2H3,(H,16,18). The quantitative estimate of drug-likeness (QED) is 0.851. The maximum absolute atomic E-state index is 11.9. The molecule has 1 fully saturated rings. The molecule has 1 aromatic rings. The third kappa shape index (κ3) is 2.31. The summed E-state index contributed by atoms with van der Waals surface area (Å²) in [5.41, 5.74) is 6.54. The Morgan fingerprint density at radius 3 is 2.61 bits per heavy atom. The average molecular weight is 268 g/mol. The lowest BCUT2D eigenvalue weighted by Gasteiger charge is -2.48. The van der Waals surface area contributed by atoms with Gasteiger partial charge in [-0.2, -0.15) is 0 Å². The first-order chi connectivity index (χ1) is 8.45. The predicted octanol–water partition coefficient (Wildman–Crippen LogP) is 1.38. The van der Waals surface area contributed by atoms with E-state index in [1.807, 2.05) is 24.3 Å². The van der Waals surface area contributed by atoms with Crippen LogP contribution in [0, 0.1) is 0 Å². The molecule has 1 aromatic carbocycles. The van der Waals surface area contributed by atoms with Gasteiger partial charge in [0, 0.05) is 23.8 Å². The zero-order valence-corrected chi connectivity index (χ0v) is 11.4. The van der Waals surface area contributed by atoms with E-state index in [2.05, 4.69) is 24.1 Å². The van der Waals surface area contributed by atoms with Gasteiger partial charge in [0.25, 0.3) is 0 Å². The van der Waals surface area contributed by atoms with Crippen LogP contribution in [0.5, 0.6) is 0 Å². The van der Waals surface area contributed by atoms with Gasteiger partial charge in [0.1, 0.15) is 6.04 Å². The molecule has 0 spiro atoms. The van der Waals surface area contributed by atoms with Gasteiger partial charge in [-0.3, -0.25) is 4.79 Å². The van der Waals surface area contributed by atoms with Gasteiger partial charge in [0.2, 0.25) is 5.91 Å². The Morgan fingerprint density at radius 2 is 2.06 bits per heavy atom. The van der Waals surface area contributed by atoms with Crippen molar-refractivity contribution in [3.8, 4) is 0 Å². The highest BCUT2D eigenvalue weighted by Gasteiger charge is 2.40. The Labute approximate surface area is 112 Å². The van der Waals surface area contributed by atoms with Gasteiger partial charge in [-0.05, 0) is 38.1 Å². The van der Waals surface area contributed by atoms with Crippen molar-refractivity contribution in [2.24, 2.45) is 5.73 Å². The fourth-order valence-electron chi connectivity index (χ4n) is 2.39. The normalized spacial score (nSPS) is 22.8. The molecule has 1 atom stereocenters. The van der Waals surface area contributed by atoms with E-state index in [1.54, 1.807) is 0 Å². The van der Waals surface area contributed by atoms with Crippen molar-refractivity contribution in [2.75, 3.05) is 18.0 Å². The van der Waals surface area contributed by atoms with Gasteiger partial charge in [-0.15, -0.1) is 0 Å². The summed E-state index contributed by atoms with van der Waals surface area (Å²) in [5, 5.41) is 3.58. The van der Waals surface area contributed by atoms with Crippen LogP contribution in [0.15, 0.2) is 24.3 Å². The van der Waals surface area contributed by atoms with Gasteiger partial charge in [0.15, 0.2) is 0 Å².